The highest BCUT2D eigenvalue weighted by molar-refractivity contribution is 7.89. The minimum Gasteiger partial charge on any atom is -0.325 e. The van der Waals surface area contributed by atoms with Crippen LogP contribution in [0.1, 0.15) is 26.3 Å². The average molecular weight is 424 g/mol. The summed E-state index contributed by atoms with van der Waals surface area (Å²) < 4.78 is 27.2. The molecule has 2 N–H and O–H groups in total. The third-order valence-corrected chi connectivity index (χ3v) is 6.15. The first-order chi connectivity index (χ1) is 13.2. The first kappa shape index (κ1) is 22.4. The zero-order chi connectivity index (χ0) is 20.7. The van der Waals surface area contributed by atoms with Gasteiger partial charge in [-0.25, -0.2) is 8.42 Å². The summed E-state index contributed by atoms with van der Waals surface area (Å²) in [6.07, 6.45) is 0. The molecular formula is C20H26ClN3O3S. The molecule has 0 saturated carbocycles. The first-order valence-electron chi connectivity index (χ1n) is 9.15. The minimum atomic E-state index is -3.82. The van der Waals surface area contributed by atoms with Crippen LogP contribution in [-0.4, -0.2) is 38.4 Å². The summed E-state index contributed by atoms with van der Waals surface area (Å²) in [4.78, 5) is 14.8. The highest BCUT2D eigenvalue weighted by atomic mass is 35.5. The molecule has 1 amide bonds. The quantitative estimate of drug-likeness (QED) is 0.647. The number of sulfonamides is 1. The Morgan fingerprint density at radius 2 is 1.75 bits per heavy atom. The second kappa shape index (κ2) is 10.0. The maximum Gasteiger partial charge on any atom is 0.242 e. The molecule has 8 heteroatoms. The number of nitrogens with zero attached hydrogens (tertiary/aromatic N) is 1. The van der Waals surface area contributed by atoms with Gasteiger partial charge in [-0.05, 0) is 62.0 Å². The zero-order valence-corrected chi connectivity index (χ0v) is 17.8. The summed E-state index contributed by atoms with van der Waals surface area (Å²) in [5.74, 6) is -0.433. The topological polar surface area (TPSA) is 78.5 Å². The lowest BCUT2D eigenvalue weighted by Gasteiger charge is -2.19. The van der Waals surface area contributed by atoms with Gasteiger partial charge in [-0.15, -0.1) is 0 Å². The van der Waals surface area contributed by atoms with E-state index in [4.69, 9.17) is 11.6 Å². The Balaban J connectivity index is 2.03. The summed E-state index contributed by atoms with van der Waals surface area (Å²) in [6, 6.07) is 12.4. The fraction of sp³-hybridized carbons (Fsp3) is 0.350. The molecular weight excluding hydrogens is 398 g/mol. The van der Waals surface area contributed by atoms with Gasteiger partial charge in [0.05, 0.1) is 10.9 Å². The minimum absolute atomic E-state index is 0.0535. The van der Waals surface area contributed by atoms with Crippen molar-refractivity contribution in [2.75, 3.05) is 18.4 Å². The van der Waals surface area contributed by atoms with Gasteiger partial charge in [0, 0.05) is 17.3 Å². The smallest absolute Gasteiger partial charge is 0.242 e. The molecule has 2 aromatic rings. The predicted octanol–water partition coefficient (Wildman–Crippen LogP) is 3.49. The molecule has 0 unspecified atom stereocenters. The number of hydrogen-bond donors (Lipinski definition) is 2. The molecule has 2 rings (SSSR count). The summed E-state index contributed by atoms with van der Waals surface area (Å²) in [5.41, 5.74) is 1.71. The normalized spacial score (nSPS) is 12.8. The zero-order valence-electron chi connectivity index (χ0n) is 16.3. The Morgan fingerprint density at radius 3 is 2.36 bits per heavy atom. The van der Waals surface area contributed by atoms with E-state index in [2.05, 4.69) is 28.8 Å². The van der Waals surface area contributed by atoms with E-state index >= 15 is 0 Å². The van der Waals surface area contributed by atoms with Crippen molar-refractivity contribution in [1.82, 2.24) is 9.62 Å². The van der Waals surface area contributed by atoms with E-state index in [0.29, 0.717) is 10.7 Å². The van der Waals surface area contributed by atoms with Crippen molar-refractivity contribution in [3.8, 4) is 0 Å². The Labute approximate surface area is 171 Å². The van der Waals surface area contributed by atoms with Gasteiger partial charge in [0.15, 0.2) is 0 Å². The van der Waals surface area contributed by atoms with Crippen LogP contribution in [0, 0.1) is 0 Å². The van der Waals surface area contributed by atoms with Crippen molar-refractivity contribution in [2.24, 2.45) is 0 Å². The van der Waals surface area contributed by atoms with Crippen molar-refractivity contribution in [3.05, 3.63) is 59.1 Å². The molecule has 28 heavy (non-hydrogen) atoms. The monoisotopic (exact) mass is 423 g/mol. The number of carbonyl (C=O) groups is 1. The number of amides is 1. The lowest BCUT2D eigenvalue weighted by Crippen LogP contribution is -2.41. The van der Waals surface area contributed by atoms with Crippen molar-refractivity contribution >= 4 is 33.2 Å². The predicted molar refractivity (Wildman–Crippen MR) is 113 cm³/mol. The van der Waals surface area contributed by atoms with Crippen LogP contribution >= 0.6 is 11.6 Å². The molecule has 0 aliphatic heterocycles. The second-order valence-electron chi connectivity index (χ2n) is 6.45. The fourth-order valence-electron chi connectivity index (χ4n) is 2.67. The first-order valence-corrected chi connectivity index (χ1v) is 11.0. The number of nitrogens with one attached hydrogen (secondary N) is 2. The van der Waals surface area contributed by atoms with Gasteiger partial charge in [0.1, 0.15) is 0 Å². The lowest BCUT2D eigenvalue weighted by atomic mass is 10.2. The van der Waals surface area contributed by atoms with E-state index in [-0.39, 0.29) is 4.90 Å². The molecule has 0 heterocycles. The van der Waals surface area contributed by atoms with E-state index in [1.54, 1.807) is 6.07 Å². The van der Waals surface area contributed by atoms with Gasteiger partial charge in [-0.2, -0.15) is 4.72 Å². The molecule has 0 aliphatic rings. The van der Waals surface area contributed by atoms with Crippen LogP contribution in [0.15, 0.2) is 53.4 Å². The maximum absolute atomic E-state index is 12.5. The SMILES string of the molecule is CCN(CC)Cc1cccc(NC(=O)[C@H](C)NS(=O)(=O)c2ccc(Cl)cc2)c1. The van der Waals surface area contributed by atoms with Crippen LogP contribution in [0.2, 0.25) is 5.02 Å². The summed E-state index contributed by atoms with van der Waals surface area (Å²) in [7, 11) is -3.82. The third kappa shape index (κ3) is 6.31. The van der Waals surface area contributed by atoms with Crippen molar-refractivity contribution in [2.45, 2.75) is 38.3 Å². The van der Waals surface area contributed by atoms with Crippen molar-refractivity contribution in [3.63, 3.8) is 0 Å². The molecule has 0 spiro atoms. The molecule has 6 nitrogen and oxygen atoms in total. The van der Waals surface area contributed by atoms with Crippen LogP contribution in [0.25, 0.3) is 0 Å². The van der Waals surface area contributed by atoms with Gasteiger partial charge >= 0.3 is 0 Å². The van der Waals surface area contributed by atoms with Gasteiger partial charge in [-0.3, -0.25) is 9.69 Å². The van der Waals surface area contributed by atoms with Gasteiger partial charge in [0.25, 0.3) is 0 Å². The number of anilines is 1. The molecule has 1 atom stereocenters. The maximum atomic E-state index is 12.5. The number of hydrogen-bond acceptors (Lipinski definition) is 4. The lowest BCUT2D eigenvalue weighted by molar-refractivity contribution is -0.117. The molecule has 2 aromatic carbocycles. The Morgan fingerprint density at radius 1 is 1.11 bits per heavy atom. The second-order valence-corrected chi connectivity index (χ2v) is 8.60. The number of rotatable bonds is 9. The van der Waals surface area contributed by atoms with Gasteiger partial charge < -0.3 is 5.32 Å². The summed E-state index contributed by atoms with van der Waals surface area (Å²) >= 11 is 5.79. The summed E-state index contributed by atoms with van der Waals surface area (Å²) in [5, 5.41) is 3.21. The highest BCUT2D eigenvalue weighted by Crippen LogP contribution is 2.16. The molecule has 0 fully saturated rings. The van der Waals surface area contributed by atoms with Crippen LogP contribution in [0.3, 0.4) is 0 Å². The van der Waals surface area contributed by atoms with Gasteiger partial charge in [0.2, 0.25) is 15.9 Å². The Hall–Kier alpha value is -1.93. The van der Waals surface area contributed by atoms with Crippen LogP contribution in [-0.2, 0) is 21.4 Å². The van der Waals surface area contributed by atoms with E-state index in [1.165, 1.54) is 31.2 Å². The number of halogens is 1. The average Bonchev–Trinajstić information content (AvgIpc) is 2.66. The molecule has 0 aliphatic carbocycles. The Bertz CT molecular complexity index is 897. The summed E-state index contributed by atoms with van der Waals surface area (Å²) in [6.45, 7) is 8.37. The van der Waals surface area contributed by atoms with Crippen LogP contribution in [0.4, 0.5) is 5.69 Å². The van der Waals surface area contributed by atoms with Crippen LogP contribution in [0.5, 0.6) is 0 Å². The van der Waals surface area contributed by atoms with E-state index in [0.717, 1.165) is 25.2 Å². The van der Waals surface area contributed by atoms with Gasteiger partial charge in [-0.1, -0.05) is 37.6 Å². The van der Waals surface area contributed by atoms with Crippen molar-refractivity contribution < 1.29 is 13.2 Å². The molecule has 0 bridgehead atoms. The number of benzene rings is 2. The number of carbonyl (C=O) groups excluding carboxylic acids is 1. The largest absolute Gasteiger partial charge is 0.325 e. The van der Waals surface area contributed by atoms with Crippen LogP contribution < -0.4 is 10.0 Å². The Kier molecular flexibility index (Phi) is 8.00. The van der Waals surface area contributed by atoms with Crippen molar-refractivity contribution in [1.29, 1.82) is 0 Å². The van der Waals surface area contributed by atoms with E-state index in [1.807, 2.05) is 18.2 Å². The van der Waals surface area contributed by atoms with E-state index < -0.39 is 22.0 Å². The highest BCUT2D eigenvalue weighted by Gasteiger charge is 2.22. The molecule has 0 saturated heterocycles. The molecule has 0 aromatic heterocycles. The molecule has 152 valence electrons. The fourth-order valence-corrected chi connectivity index (χ4v) is 4.00. The standard InChI is InChI=1S/C20H26ClN3O3S/c1-4-24(5-2)14-16-7-6-8-18(13-16)22-20(25)15(3)23-28(26,27)19-11-9-17(21)10-12-19/h6-13,15,23H,4-5,14H2,1-3H3,(H,22,25)/t15-/m0/s1. The molecule has 0 radical (unpaired) electrons. The van der Waals surface area contributed by atoms with E-state index in [9.17, 15) is 13.2 Å². The third-order valence-electron chi connectivity index (χ3n) is 4.34.